The number of rotatable bonds is 9. The summed E-state index contributed by atoms with van der Waals surface area (Å²) in [5, 5.41) is 15.0. The van der Waals surface area contributed by atoms with Crippen LogP contribution in [0.1, 0.15) is 42.2 Å². The van der Waals surface area contributed by atoms with Crippen molar-refractivity contribution in [2.75, 3.05) is 42.3 Å². The van der Waals surface area contributed by atoms with E-state index >= 15 is 0 Å². The van der Waals surface area contributed by atoms with E-state index in [1.54, 1.807) is 6.07 Å². The van der Waals surface area contributed by atoms with Gasteiger partial charge in [0.2, 0.25) is 0 Å². The molecule has 0 saturated carbocycles. The molecule has 1 unspecified atom stereocenters. The van der Waals surface area contributed by atoms with Crippen LogP contribution in [0.2, 0.25) is 5.02 Å². The molecule has 0 spiro atoms. The summed E-state index contributed by atoms with van der Waals surface area (Å²) in [6.45, 7) is 1.80. The van der Waals surface area contributed by atoms with Crippen LogP contribution in [0.5, 0.6) is 0 Å². The van der Waals surface area contributed by atoms with Gasteiger partial charge in [0.1, 0.15) is 5.82 Å². The van der Waals surface area contributed by atoms with E-state index in [1.165, 1.54) is 24.8 Å². The van der Waals surface area contributed by atoms with Crippen LogP contribution >= 0.6 is 11.6 Å². The molecule has 2 amide bonds. The van der Waals surface area contributed by atoms with E-state index in [0.29, 0.717) is 11.6 Å². The molecule has 7 nitrogen and oxygen atoms in total. The monoisotopic (exact) mass is 539 g/mol. The predicted octanol–water partition coefficient (Wildman–Crippen LogP) is 6.71. The first-order valence-electron chi connectivity index (χ1n) is 12.5. The maximum absolute atomic E-state index is 14.3. The van der Waals surface area contributed by atoms with E-state index < -0.39 is 23.7 Å². The number of hydrogen-bond donors (Lipinski definition) is 3. The van der Waals surface area contributed by atoms with Gasteiger partial charge < -0.3 is 25.4 Å². The standard InChI is InChI=1S/C29H31ClFN3O4/c1-38-18-22(16-28(35)36)21-7-10-27(34-13-11-20(12-14-34)19-5-3-2-4-6-19)26(15-21)33-29(37)32-25-9-8-23(30)17-24(25)31/h2-10,15,17,20,22H,11-14,16,18H2,1H3,(H,35,36)(H2,32,33,37). The van der Waals surface area contributed by atoms with Crippen molar-refractivity contribution in [3.63, 3.8) is 0 Å². The Morgan fingerprint density at radius 3 is 2.42 bits per heavy atom. The zero-order valence-electron chi connectivity index (χ0n) is 21.1. The number of benzene rings is 3. The number of halogens is 2. The van der Waals surface area contributed by atoms with Crippen LogP contribution in [0.25, 0.3) is 0 Å². The third-order valence-corrected chi connectivity index (χ3v) is 7.05. The summed E-state index contributed by atoms with van der Waals surface area (Å²) >= 11 is 5.82. The molecule has 1 fully saturated rings. The number of urea groups is 1. The minimum Gasteiger partial charge on any atom is -0.481 e. The van der Waals surface area contributed by atoms with Crippen molar-refractivity contribution >= 4 is 40.7 Å². The molecule has 38 heavy (non-hydrogen) atoms. The minimum absolute atomic E-state index is 0.00332. The van der Waals surface area contributed by atoms with E-state index in [0.717, 1.165) is 43.2 Å². The first kappa shape index (κ1) is 27.4. The van der Waals surface area contributed by atoms with Crippen molar-refractivity contribution in [2.24, 2.45) is 0 Å². The highest BCUT2D eigenvalue weighted by Crippen LogP contribution is 2.36. The molecule has 1 heterocycles. The molecule has 1 atom stereocenters. The van der Waals surface area contributed by atoms with Crippen LogP contribution in [0.4, 0.5) is 26.2 Å². The van der Waals surface area contributed by atoms with E-state index in [9.17, 15) is 19.1 Å². The number of methoxy groups -OCH3 is 1. The fraction of sp³-hybridized carbons (Fsp3) is 0.310. The molecule has 0 radical (unpaired) electrons. The summed E-state index contributed by atoms with van der Waals surface area (Å²) in [6, 6.07) is 19.4. The van der Waals surface area contributed by atoms with Gasteiger partial charge in [-0.1, -0.05) is 48.0 Å². The average molecular weight is 540 g/mol. The lowest BCUT2D eigenvalue weighted by atomic mass is 9.89. The summed E-state index contributed by atoms with van der Waals surface area (Å²) in [5.74, 6) is -1.52. The third-order valence-electron chi connectivity index (χ3n) is 6.82. The number of nitrogens with one attached hydrogen (secondary N) is 2. The number of carbonyl (C=O) groups is 2. The predicted molar refractivity (Wildman–Crippen MR) is 148 cm³/mol. The molecule has 3 aromatic rings. The number of nitrogens with zero attached hydrogens (tertiary/aromatic N) is 1. The number of amides is 2. The van der Waals surface area contributed by atoms with Crippen LogP contribution in [0.15, 0.2) is 66.7 Å². The van der Waals surface area contributed by atoms with Crippen LogP contribution in [0, 0.1) is 5.82 Å². The normalized spacial score (nSPS) is 14.7. The number of piperidine rings is 1. The van der Waals surface area contributed by atoms with E-state index in [1.807, 2.05) is 18.2 Å². The highest BCUT2D eigenvalue weighted by Gasteiger charge is 2.24. The highest BCUT2D eigenvalue weighted by atomic mass is 35.5. The molecule has 0 bridgehead atoms. The summed E-state index contributed by atoms with van der Waals surface area (Å²) < 4.78 is 19.5. The summed E-state index contributed by atoms with van der Waals surface area (Å²) in [7, 11) is 1.52. The first-order valence-corrected chi connectivity index (χ1v) is 12.9. The lowest BCUT2D eigenvalue weighted by Gasteiger charge is -2.35. The van der Waals surface area contributed by atoms with Crippen LogP contribution < -0.4 is 15.5 Å². The summed E-state index contributed by atoms with van der Waals surface area (Å²) in [5.41, 5.74) is 3.38. The molecule has 1 saturated heterocycles. The second-order valence-corrected chi connectivity index (χ2v) is 9.84. The molecule has 9 heteroatoms. The number of carbonyl (C=O) groups excluding carboxylic acids is 1. The van der Waals surface area contributed by atoms with Crippen molar-refractivity contribution in [3.8, 4) is 0 Å². The van der Waals surface area contributed by atoms with Crippen molar-refractivity contribution in [1.82, 2.24) is 0 Å². The maximum atomic E-state index is 14.3. The molecular weight excluding hydrogens is 509 g/mol. The van der Waals surface area contributed by atoms with Gasteiger partial charge in [0, 0.05) is 31.1 Å². The quantitative estimate of drug-likeness (QED) is 0.281. The number of anilines is 3. The average Bonchev–Trinajstić information content (AvgIpc) is 2.90. The lowest BCUT2D eigenvalue weighted by molar-refractivity contribution is -0.137. The lowest BCUT2D eigenvalue weighted by Crippen LogP contribution is -2.34. The molecule has 3 N–H and O–H groups in total. The van der Waals surface area contributed by atoms with E-state index in [-0.39, 0.29) is 23.7 Å². The van der Waals surface area contributed by atoms with Crippen LogP contribution in [0.3, 0.4) is 0 Å². The van der Waals surface area contributed by atoms with Crippen LogP contribution in [-0.2, 0) is 9.53 Å². The second-order valence-electron chi connectivity index (χ2n) is 9.40. The van der Waals surface area contributed by atoms with Crippen molar-refractivity contribution < 1.29 is 23.8 Å². The Morgan fingerprint density at radius 1 is 1.05 bits per heavy atom. The van der Waals surface area contributed by atoms with Gasteiger partial charge in [0.05, 0.1) is 30.1 Å². The van der Waals surface area contributed by atoms with Crippen molar-refractivity contribution in [1.29, 1.82) is 0 Å². The second kappa shape index (κ2) is 12.8. The van der Waals surface area contributed by atoms with E-state index in [2.05, 4.69) is 39.8 Å². The Hall–Kier alpha value is -3.62. The number of carboxylic acid groups (broad SMARTS) is 1. The zero-order valence-corrected chi connectivity index (χ0v) is 21.9. The number of ether oxygens (including phenoxy) is 1. The summed E-state index contributed by atoms with van der Waals surface area (Å²) in [6.07, 6.45) is 1.80. The minimum atomic E-state index is -0.940. The molecule has 3 aromatic carbocycles. The first-order chi connectivity index (χ1) is 18.3. The molecule has 200 valence electrons. The molecule has 1 aliphatic heterocycles. The summed E-state index contributed by atoms with van der Waals surface area (Å²) in [4.78, 5) is 26.6. The van der Waals surface area contributed by atoms with Gasteiger partial charge in [0.15, 0.2) is 0 Å². The maximum Gasteiger partial charge on any atom is 0.323 e. The molecule has 0 aromatic heterocycles. The molecule has 1 aliphatic rings. The van der Waals surface area contributed by atoms with Gasteiger partial charge in [-0.3, -0.25) is 4.79 Å². The number of hydrogen-bond acceptors (Lipinski definition) is 4. The Morgan fingerprint density at radius 2 is 1.76 bits per heavy atom. The topological polar surface area (TPSA) is 90.9 Å². The van der Waals surface area contributed by atoms with Crippen LogP contribution in [-0.4, -0.2) is 43.9 Å². The van der Waals surface area contributed by atoms with Gasteiger partial charge in [-0.2, -0.15) is 0 Å². The number of carboxylic acids is 1. The SMILES string of the molecule is COCC(CC(=O)O)c1ccc(N2CCC(c3ccccc3)CC2)c(NC(=O)Nc2ccc(Cl)cc2F)c1. The fourth-order valence-electron chi connectivity index (χ4n) is 4.91. The number of aliphatic carboxylic acids is 1. The van der Waals surface area contributed by atoms with Gasteiger partial charge >= 0.3 is 12.0 Å². The van der Waals surface area contributed by atoms with Gasteiger partial charge in [0.25, 0.3) is 0 Å². The Labute approximate surface area is 226 Å². The van der Waals surface area contributed by atoms with E-state index in [4.69, 9.17) is 16.3 Å². The third kappa shape index (κ3) is 7.02. The van der Waals surface area contributed by atoms with Crippen molar-refractivity contribution in [2.45, 2.75) is 31.1 Å². The largest absolute Gasteiger partial charge is 0.481 e. The van der Waals surface area contributed by atoms with Gasteiger partial charge in [-0.15, -0.1) is 0 Å². The molecular formula is C29H31ClFN3O4. The smallest absolute Gasteiger partial charge is 0.323 e. The zero-order chi connectivity index (χ0) is 27.1. The Bertz CT molecular complexity index is 1270. The van der Waals surface area contributed by atoms with Crippen molar-refractivity contribution in [3.05, 3.63) is 88.7 Å². The van der Waals surface area contributed by atoms with Gasteiger partial charge in [-0.05, 0) is 60.2 Å². The fourth-order valence-corrected chi connectivity index (χ4v) is 5.07. The molecule has 0 aliphatic carbocycles. The highest BCUT2D eigenvalue weighted by molar-refractivity contribution is 6.30. The Balaban J connectivity index is 1.58. The Kier molecular flexibility index (Phi) is 9.20. The molecule has 4 rings (SSSR count). The van der Waals surface area contributed by atoms with Gasteiger partial charge in [-0.25, -0.2) is 9.18 Å².